The number of nitrogens with zero attached hydrogens (tertiary/aromatic N) is 2. The molecule has 1 aromatic heterocycles. The fourth-order valence-corrected chi connectivity index (χ4v) is 9.93. The van der Waals surface area contributed by atoms with Gasteiger partial charge in [0.2, 0.25) is 21.8 Å². The van der Waals surface area contributed by atoms with Crippen LogP contribution in [0.4, 0.5) is 0 Å². The number of sulfonamides is 1. The maximum absolute atomic E-state index is 14.5. The SMILES string of the molecule is C=C[C@@H]1C[C@]1(NC(=O)[C@H]1C[C@@H]2CN1C(=O)[C@H](CCCC)NSCCCCCCc1ccc3nc(-c4ccccc4)cc(c3c1)O2)C(=O)NS(=O)(=O)C1CC1. The zero-order valence-electron chi connectivity index (χ0n) is 30.9. The zero-order chi connectivity index (χ0) is 37.9. The van der Waals surface area contributed by atoms with Crippen molar-refractivity contribution in [1.29, 1.82) is 0 Å². The van der Waals surface area contributed by atoms with E-state index in [4.69, 9.17) is 9.72 Å². The predicted octanol–water partition coefficient (Wildman–Crippen LogP) is 5.83. The number of fused-ring (bicyclic) bond motifs is 3. The van der Waals surface area contributed by atoms with Crippen LogP contribution in [0.2, 0.25) is 0 Å². The molecule has 3 N–H and O–H groups in total. The summed E-state index contributed by atoms with van der Waals surface area (Å²) in [4.78, 5) is 49.1. The molecule has 13 heteroatoms. The molecule has 2 saturated carbocycles. The number of ether oxygens (including phenoxy) is 1. The molecule has 2 aliphatic carbocycles. The van der Waals surface area contributed by atoms with Crippen molar-refractivity contribution < 1.29 is 27.5 Å². The third-order valence-corrected chi connectivity index (χ3v) is 13.9. The van der Waals surface area contributed by atoms with Gasteiger partial charge in [0.05, 0.1) is 29.0 Å². The fourth-order valence-electron chi connectivity index (χ4n) is 7.68. The number of aromatic nitrogens is 1. The van der Waals surface area contributed by atoms with Crippen molar-refractivity contribution in [3.05, 3.63) is 72.8 Å². The second-order valence-electron chi connectivity index (χ2n) is 15.2. The molecule has 11 nitrogen and oxygen atoms in total. The summed E-state index contributed by atoms with van der Waals surface area (Å²) in [5.74, 6) is -0.421. The van der Waals surface area contributed by atoms with Crippen LogP contribution in [0.15, 0.2) is 67.3 Å². The van der Waals surface area contributed by atoms with Crippen LogP contribution in [0.3, 0.4) is 0 Å². The molecule has 5 atom stereocenters. The van der Waals surface area contributed by atoms with E-state index in [0.29, 0.717) is 25.0 Å². The van der Waals surface area contributed by atoms with E-state index in [9.17, 15) is 22.8 Å². The number of hydrogen-bond acceptors (Lipinski definition) is 9. The smallest absolute Gasteiger partial charge is 0.259 e. The lowest BCUT2D eigenvalue weighted by Gasteiger charge is -2.29. The molecule has 4 aliphatic rings. The molecular weight excluding hydrogens is 723 g/mol. The number of nitrogens with one attached hydrogen (secondary N) is 3. The Kier molecular flexibility index (Phi) is 11.7. The summed E-state index contributed by atoms with van der Waals surface area (Å²) in [6, 6.07) is 16.7. The van der Waals surface area contributed by atoms with Gasteiger partial charge >= 0.3 is 0 Å². The number of pyridine rings is 1. The Bertz CT molecular complexity index is 1990. The van der Waals surface area contributed by atoms with Crippen molar-refractivity contribution in [2.24, 2.45) is 5.92 Å². The van der Waals surface area contributed by atoms with E-state index in [1.165, 1.54) is 5.56 Å². The molecule has 4 bridgehead atoms. The molecule has 7 rings (SSSR count). The first-order chi connectivity index (χ1) is 26.1. The van der Waals surface area contributed by atoms with Gasteiger partial charge < -0.3 is 15.0 Å². The highest BCUT2D eigenvalue weighted by molar-refractivity contribution is 7.97. The van der Waals surface area contributed by atoms with E-state index >= 15 is 0 Å². The Morgan fingerprint density at radius 3 is 2.65 bits per heavy atom. The van der Waals surface area contributed by atoms with Crippen molar-refractivity contribution in [3.8, 4) is 17.0 Å². The normalized spacial score (nSPS) is 26.4. The van der Waals surface area contributed by atoms with Gasteiger partial charge in [-0.15, -0.1) is 6.58 Å². The molecule has 0 spiro atoms. The first-order valence-corrected chi connectivity index (χ1v) is 22.0. The van der Waals surface area contributed by atoms with E-state index in [2.05, 4.69) is 40.4 Å². The van der Waals surface area contributed by atoms with E-state index in [1.807, 2.05) is 42.5 Å². The average molecular weight is 774 g/mol. The molecule has 3 aromatic rings. The number of aryl methyl sites for hydroxylation is 1. The van der Waals surface area contributed by atoms with Crippen molar-refractivity contribution >= 4 is 50.6 Å². The zero-order valence-corrected chi connectivity index (χ0v) is 32.6. The van der Waals surface area contributed by atoms with Crippen molar-refractivity contribution in [2.75, 3.05) is 12.3 Å². The van der Waals surface area contributed by atoms with Gasteiger partial charge in [-0.2, -0.15) is 0 Å². The average Bonchev–Trinajstić information content (AvgIpc) is 4.10. The number of unbranched alkanes of at least 4 members (excludes halogenated alkanes) is 1. The molecule has 3 amide bonds. The molecule has 1 saturated heterocycles. The summed E-state index contributed by atoms with van der Waals surface area (Å²) in [5, 5.41) is 3.19. The largest absolute Gasteiger partial charge is 0.488 e. The highest BCUT2D eigenvalue weighted by Crippen LogP contribution is 2.45. The first kappa shape index (κ1) is 38.3. The third kappa shape index (κ3) is 8.48. The lowest BCUT2D eigenvalue weighted by atomic mass is 10.0. The maximum Gasteiger partial charge on any atom is 0.259 e. The molecule has 54 heavy (non-hydrogen) atoms. The fraction of sp³-hybridized carbons (Fsp3) is 0.512. The highest BCUT2D eigenvalue weighted by Gasteiger charge is 2.62. The first-order valence-electron chi connectivity index (χ1n) is 19.5. The van der Waals surface area contributed by atoms with Crippen LogP contribution < -0.4 is 19.5 Å². The molecule has 3 fully saturated rings. The van der Waals surface area contributed by atoms with Crippen LogP contribution in [0, 0.1) is 5.92 Å². The van der Waals surface area contributed by atoms with Gasteiger partial charge in [0, 0.05) is 35.1 Å². The molecule has 3 heterocycles. The Morgan fingerprint density at radius 2 is 1.91 bits per heavy atom. The molecule has 0 unspecified atom stereocenters. The van der Waals surface area contributed by atoms with Crippen LogP contribution in [0.25, 0.3) is 22.2 Å². The standard InChI is InChI=1S/C41H51N5O6S2/c1-3-5-16-34-39(48)46-26-30(23-36(46)38(47)43-41(25-29(41)4-2)40(49)45-54(50,51)31-18-19-31)52-37-24-35(28-14-10-8-11-15-28)42-33-20-17-27(22-32(33)37)13-9-6-7-12-21-53-44-34/h4,8,10-11,14-15,17,20,22,24,29-31,34,36,44H,2-3,5-7,9,12-13,16,18-19,21,23,25-26H2,1H3,(H,43,47)(H,45,49)/t29-,30-,34+,36-,41-/m1/s1. The lowest BCUT2D eigenvalue weighted by molar-refractivity contribution is -0.141. The molecule has 2 aromatic carbocycles. The summed E-state index contributed by atoms with van der Waals surface area (Å²) in [5.41, 5.74) is 2.24. The number of benzene rings is 2. The summed E-state index contributed by atoms with van der Waals surface area (Å²) in [7, 11) is -3.85. The van der Waals surface area contributed by atoms with Gasteiger partial charge in [-0.3, -0.25) is 23.8 Å². The summed E-state index contributed by atoms with van der Waals surface area (Å²) in [6.07, 6.45) is 10.0. The molecule has 0 radical (unpaired) electrons. The second kappa shape index (κ2) is 16.4. The summed E-state index contributed by atoms with van der Waals surface area (Å²) in [6.45, 7) is 6.08. The minimum absolute atomic E-state index is 0.163. The summed E-state index contributed by atoms with van der Waals surface area (Å²) >= 11 is 1.56. The lowest BCUT2D eigenvalue weighted by Crippen LogP contribution is -2.57. The van der Waals surface area contributed by atoms with E-state index < -0.39 is 56.7 Å². The van der Waals surface area contributed by atoms with Crippen LogP contribution in [0.1, 0.15) is 83.1 Å². The van der Waals surface area contributed by atoms with Crippen LogP contribution in [0.5, 0.6) is 5.75 Å². The summed E-state index contributed by atoms with van der Waals surface area (Å²) < 4.78 is 38.0. The van der Waals surface area contributed by atoms with Gasteiger partial charge in [-0.05, 0) is 62.6 Å². The minimum Gasteiger partial charge on any atom is -0.488 e. The van der Waals surface area contributed by atoms with Crippen molar-refractivity contribution in [1.82, 2.24) is 24.6 Å². The number of carbonyl (C=O) groups excluding carboxylic acids is 3. The third-order valence-electron chi connectivity index (χ3n) is 11.1. The second-order valence-corrected chi connectivity index (χ2v) is 18.1. The van der Waals surface area contributed by atoms with Gasteiger partial charge in [-0.1, -0.05) is 87.0 Å². The topological polar surface area (TPSA) is 147 Å². The Morgan fingerprint density at radius 1 is 1.11 bits per heavy atom. The van der Waals surface area contributed by atoms with Crippen LogP contribution >= 0.6 is 11.9 Å². The van der Waals surface area contributed by atoms with Crippen LogP contribution in [-0.4, -0.2) is 77.3 Å². The van der Waals surface area contributed by atoms with Crippen molar-refractivity contribution in [3.63, 3.8) is 0 Å². The number of carbonyl (C=O) groups is 3. The quantitative estimate of drug-likeness (QED) is 0.171. The van der Waals surface area contributed by atoms with E-state index in [1.54, 1.807) is 22.9 Å². The maximum atomic E-state index is 14.5. The van der Waals surface area contributed by atoms with Gasteiger partial charge in [-0.25, -0.2) is 13.4 Å². The number of amides is 3. The van der Waals surface area contributed by atoms with E-state index in [-0.39, 0.29) is 25.3 Å². The monoisotopic (exact) mass is 773 g/mol. The van der Waals surface area contributed by atoms with Gasteiger partial charge in [0.25, 0.3) is 5.91 Å². The number of rotatable bonds is 10. The van der Waals surface area contributed by atoms with Crippen molar-refractivity contribution in [2.45, 2.75) is 113 Å². The molecular formula is C41H51N5O6S2. The van der Waals surface area contributed by atoms with Crippen LogP contribution in [-0.2, 0) is 30.8 Å². The number of hydrogen-bond donors (Lipinski definition) is 3. The minimum atomic E-state index is -3.85. The van der Waals surface area contributed by atoms with E-state index in [0.717, 1.165) is 72.9 Å². The van der Waals surface area contributed by atoms with Gasteiger partial charge in [0.15, 0.2) is 0 Å². The Labute approximate surface area is 322 Å². The molecule has 2 aliphatic heterocycles. The highest BCUT2D eigenvalue weighted by atomic mass is 32.2. The predicted molar refractivity (Wildman–Crippen MR) is 212 cm³/mol. The van der Waals surface area contributed by atoms with Gasteiger partial charge in [0.1, 0.15) is 23.4 Å². The Hall–Kier alpha value is -3.94. The Balaban J connectivity index is 1.22. The molecule has 288 valence electrons.